The van der Waals surface area contributed by atoms with Crippen LogP contribution >= 0.6 is 12.4 Å². The standard InChI is InChI=1S/C14H18FN3.ClH/c1-16-6-7-18(2)10-12-9-13(15)8-11-4-3-5-17-14(11)12;/h3-5,8-9,16H,6-7,10H2,1-2H3;1H. The van der Waals surface area contributed by atoms with Gasteiger partial charge in [0.05, 0.1) is 5.52 Å². The number of hydrogen-bond donors (Lipinski definition) is 1. The maximum Gasteiger partial charge on any atom is 0.124 e. The molecule has 5 heteroatoms. The molecule has 104 valence electrons. The summed E-state index contributed by atoms with van der Waals surface area (Å²) in [5.41, 5.74) is 1.82. The maximum atomic E-state index is 13.5. The lowest BCUT2D eigenvalue weighted by Gasteiger charge is -2.17. The molecule has 0 fully saturated rings. The van der Waals surface area contributed by atoms with Gasteiger partial charge in [-0.1, -0.05) is 6.07 Å². The quantitative estimate of drug-likeness (QED) is 0.914. The van der Waals surface area contributed by atoms with Gasteiger partial charge in [0.25, 0.3) is 0 Å². The van der Waals surface area contributed by atoms with Crippen molar-refractivity contribution in [3.8, 4) is 0 Å². The molecule has 3 nitrogen and oxygen atoms in total. The summed E-state index contributed by atoms with van der Waals surface area (Å²) in [4.78, 5) is 6.50. The van der Waals surface area contributed by atoms with Crippen molar-refractivity contribution in [2.75, 3.05) is 27.2 Å². The van der Waals surface area contributed by atoms with E-state index in [-0.39, 0.29) is 18.2 Å². The van der Waals surface area contributed by atoms with E-state index < -0.39 is 0 Å². The molecule has 0 saturated heterocycles. The minimum atomic E-state index is -0.201. The molecule has 0 unspecified atom stereocenters. The van der Waals surface area contributed by atoms with Crippen LogP contribution in [0.3, 0.4) is 0 Å². The van der Waals surface area contributed by atoms with Gasteiger partial charge in [-0.15, -0.1) is 12.4 Å². The third-order valence-corrected chi connectivity index (χ3v) is 2.93. The SMILES string of the molecule is CNCCN(C)Cc1cc(F)cc2cccnc12.Cl. The zero-order valence-corrected chi connectivity index (χ0v) is 12.0. The largest absolute Gasteiger partial charge is 0.318 e. The first-order chi connectivity index (χ1) is 8.70. The summed E-state index contributed by atoms with van der Waals surface area (Å²) in [5.74, 6) is -0.201. The molecule has 0 aliphatic carbocycles. The fourth-order valence-corrected chi connectivity index (χ4v) is 2.02. The molecule has 0 aliphatic rings. The van der Waals surface area contributed by atoms with Crippen molar-refractivity contribution in [2.24, 2.45) is 0 Å². The summed E-state index contributed by atoms with van der Waals surface area (Å²) < 4.78 is 13.5. The highest BCUT2D eigenvalue weighted by Gasteiger charge is 2.07. The van der Waals surface area contributed by atoms with Crippen molar-refractivity contribution in [3.63, 3.8) is 0 Å². The van der Waals surface area contributed by atoms with E-state index in [1.807, 2.05) is 26.2 Å². The summed E-state index contributed by atoms with van der Waals surface area (Å²) in [6.07, 6.45) is 1.75. The van der Waals surface area contributed by atoms with Gasteiger partial charge >= 0.3 is 0 Å². The molecule has 1 N–H and O–H groups in total. The Labute approximate surface area is 119 Å². The highest BCUT2D eigenvalue weighted by molar-refractivity contribution is 5.85. The van der Waals surface area contributed by atoms with Crippen LogP contribution in [0.1, 0.15) is 5.56 Å². The molecular formula is C14H19ClFN3. The van der Waals surface area contributed by atoms with Crippen molar-refractivity contribution in [3.05, 3.63) is 41.8 Å². The Hall–Kier alpha value is -1.23. The van der Waals surface area contributed by atoms with E-state index in [1.54, 1.807) is 12.3 Å². The summed E-state index contributed by atoms with van der Waals surface area (Å²) in [5, 5.41) is 3.96. The molecule has 2 rings (SSSR count). The Morgan fingerprint density at radius 3 is 2.89 bits per heavy atom. The predicted octanol–water partition coefficient (Wildman–Crippen LogP) is 2.45. The van der Waals surface area contributed by atoms with E-state index in [0.29, 0.717) is 6.54 Å². The number of hydrogen-bond acceptors (Lipinski definition) is 3. The Morgan fingerprint density at radius 1 is 1.37 bits per heavy atom. The average Bonchev–Trinajstić information content (AvgIpc) is 2.36. The van der Waals surface area contributed by atoms with Crippen LogP contribution in [-0.2, 0) is 6.54 Å². The van der Waals surface area contributed by atoms with E-state index >= 15 is 0 Å². The first-order valence-corrected chi connectivity index (χ1v) is 6.07. The summed E-state index contributed by atoms with van der Waals surface area (Å²) in [6, 6.07) is 6.82. The predicted molar refractivity (Wildman–Crippen MR) is 79.2 cm³/mol. The Bertz CT molecular complexity index is 533. The molecule has 1 aromatic carbocycles. The molecule has 19 heavy (non-hydrogen) atoms. The number of rotatable bonds is 5. The molecule has 0 saturated carbocycles. The summed E-state index contributed by atoms with van der Waals surface area (Å²) in [6.45, 7) is 2.53. The average molecular weight is 284 g/mol. The third kappa shape index (κ3) is 4.13. The molecular weight excluding hydrogens is 265 g/mol. The molecule has 0 aliphatic heterocycles. The molecule has 0 spiro atoms. The van der Waals surface area contributed by atoms with Crippen molar-refractivity contribution in [1.29, 1.82) is 0 Å². The smallest absolute Gasteiger partial charge is 0.124 e. The van der Waals surface area contributed by atoms with Gasteiger partial charge in [-0.05, 0) is 37.9 Å². The van der Waals surface area contributed by atoms with Crippen LogP contribution in [-0.4, -0.2) is 37.1 Å². The number of halogens is 2. The third-order valence-electron chi connectivity index (χ3n) is 2.93. The van der Waals surface area contributed by atoms with E-state index in [1.165, 1.54) is 6.07 Å². The minimum absolute atomic E-state index is 0. The van der Waals surface area contributed by atoms with E-state index in [4.69, 9.17) is 0 Å². The van der Waals surface area contributed by atoms with Gasteiger partial charge in [0.2, 0.25) is 0 Å². The van der Waals surface area contributed by atoms with Gasteiger partial charge in [-0.2, -0.15) is 0 Å². The fraction of sp³-hybridized carbons (Fsp3) is 0.357. The van der Waals surface area contributed by atoms with Crippen molar-refractivity contribution in [2.45, 2.75) is 6.54 Å². The van der Waals surface area contributed by atoms with Crippen molar-refractivity contribution >= 4 is 23.3 Å². The maximum absolute atomic E-state index is 13.5. The van der Waals surface area contributed by atoms with Crippen LogP contribution < -0.4 is 5.32 Å². The topological polar surface area (TPSA) is 28.2 Å². The number of nitrogens with zero attached hydrogens (tertiary/aromatic N) is 2. The molecule has 1 heterocycles. The number of pyridine rings is 1. The van der Waals surface area contributed by atoms with Gasteiger partial charge in [0.15, 0.2) is 0 Å². The monoisotopic (exact) mass is 283 g/mol. The van der Waals surface area contributed by atoms with Crippen molar-refractivity contribution in [1.82, 2.24) is 15.2 Å². The molecule has 1 aromatic heterocycles. The number of nitrogens with one attached hydrogen (secondary N) is 1. The van der Waals surface area contributed by atoms with Crippen LogP contribution in [0.5, 0.6) is 0 Å². The van der Waals surface area contributed by atoms with Crippen LogP contribution in [0, 0.1) is 5.82 Å². The fourth-order valence-electron chi connectivity index (χ4n) is 2.02. The normalized spacial score (nSPS) is 10.7. The highest BCUT2D eigenvalue weighted by atomic mass is 35.5. The Morgan fingerprint density at radius 2 is 2.16 bits per heavy atom. The van der Waals surface area contributed by atoms with Crippen LogP contribution in [0.15, 0.2) is 30.5 Å². The highest BCUT2D eigenvalue weighted by Crippen LogP contribution is 2.19. The van der Waals surface area contributed by atoms with Crippen molar-refractivity contribution < 1.29 is 4.39 Å². The van der Waals surface area contributed by atoms with E-state index in [2.05, 4.69) is 15.2 Å². The second kappa shape index (κ2) is 7.38. The van der Waals surface area contributed by atoms with E-state index in [0.717, 1.165) is 29.6 Å². The molecule has 0 atom stereocenters. The molecule has 2 aromatic rings. The second-order valence-corrected chi connectivity index (χ2v) is 4.48. The molecule has 0 amide bonds. The number of likely N-dealkylation sites (N-methyl/N-ethyl adjacent to an activating group) is 2. The zero-order chi connectivity index (χ0) is 13.0. The lowest BCUT2D eigenvalue weighted by Crippen LogP contribution is -2.27. The lowest BCUT2D eigenvalue weighted by molar-refractivity contribution is 0.328. The second-order valence-electron chi connectivity index (χ2n) is 4.48. The first-order valence-electron chi connectivity index (χ1n) is 6.07. The molecule has 0 bridgehead atoms. The van der Waals surface area contributed by atoms with Crippen LogP contribution in [0.25, 0.3) is 10.9 Å². The number of benzene rings is 1. The number of fused-ring (bicyclic) bond motifs is 1. The van der Waals surface area contributed by atoms with Gasteiger partial charge in [-0.3, -0.25) is 4.98 Å². The Balaban J connectivity index is 0.00000180. The zero-order valence-electron chi connectivity index (χ0n) is 11.2. The minimum Gasteiger partial charge on any atom is -0.318 e. The first kappa shape index (κ1) is 15.8. The van der Waals surface area contributed by atoms with Crippen LogP contribution in [0.4, 0.5) is 4.39 Å². The lowest BCUT2D eigenvalue weighted by atomic mass is 10.1. The number of aromatic nitrogens is 1. The van der Waals surface area contributed by atoms with Crippen LogP contribution in [0.2, 0.25) is 0 Å². The van der Waals surface area contributed by atoms with Gasteiger partial charge in [-0.25, -0.2) is 4.39 Å². The van der Waals surface area contributed by atoms with Gasteiger partial charge in [0, 0.05) is 31.2 Å². The Kier molecular flexibility index (Phi) is 6.15. The molecule has 0 radical (unpaired) electrons. The summed E-state index contributed by atoms with van der Waals surface area (Å²) in [7, 11) is 3.95. The summed E-state index contributed by atoms with van der Waals surface area (Å²) >= 11 is 0. The van der Waals surface area contributed by atoms with Gasteiger partial charge in [0.1, 0.15) is 5.82 Å². The van der Waals surface area contributed by atoms with Gasteiger partial charge < -0.3 is 10.2 Å². The van der Waals surface area contributed by atoms with E-state index in [9.17, 15) is 4.39 Å².